The molecule has 0 unspecified atom stereocenters. The second kappa shape index (κ2) is 14.1. The van der Waals surface area contributed by atoms with Gasteiger partial charge >= 0.3 is 12.0 Å². The van der Waals surface area contributed by atoms with Crippen LogP contribution < -0.4 is 10.2 Å². The fourth-order valence-corrected chi connectivity index (χ4v) is 5.55. The summed E-state index contributed by atoms with van der Waals surface area (Å²) in [5.74, 6) is -1.39. The fraction of sp³-hybridized carbons (Fsp3) is 0.394. The molecule has 5 rings (SSSR count). The predicted molar refractivity (Wildman–Crippen MR) is 175 cm³/mol. The highest BCUT2D eigenvalue weighted by molar-refractivity contribution is 6.13. The number of hydrogen-bond donors (Lipinski definition) is 2. The Kier molecular flexibility index (Phi) is 10.4. The number of ketones is 1. The van der Waals surface area contributed by atoms with Crippen molar-refractivity contribution in [1.29, 1.82) is 0 Å². The number of hydrazone groups is 1. The van der Waals surface area contributed by atoms with Crippen LogP contribution in [0.2, 0.25) is 0 Å². The van der Waals surface area contributed by atoms with E-state index < -0.39 is 23.3 Å². The molecule has 0 radical (unpaired) electrons. The number of carbonyl (C=O) groups is 4. The van der Waals surface area contributed by atoms with E-state index in [0.29, 0.717) is 22.6 Å². The smallest absolute Gasteiger partial charge is 0.345 e. The molecule has 1 saturated carbocycles. The van der Waals surface area contributed by atoms with Crippen molar-refractivity contribution in [1.82, 2.24) is 14.6 Å². The number of imidazole rings is 1. The number of benzene rings is 2. The van der Waals surface area contributed by atoms with Gasteiger partial charge in [-0.3, -0.25) is 19.3 Å². The summed E-state index contributed by atoms with van der Waals surface area (Å²) in [6, 6.07) is 14.0. The van der Waals surface area contributed by atoms with Crippen molar-refractivity contribution in [3.8, 4) is 11.3 Å². The number of carbonyl (C=O) groups excluding carboxylic acids is 3. The summed E-state index contributed by atoms with van der Waals surface area (Å²) in [6.45, 7) is 4.78. The Morgan fingerprint density at radius 1 is 0.978 bits per heavy atom. The Morgan fingerprint density at radius 2 is 1.71 bits per heavy atom. The van der Waals surface area contributed by atoms with E-state index in [1.165, 1.54) is 20.8 Å². The van der Waals surface area contributed by atoms with Crippen LogP contribution in [0, 0.1) is 11.3 Å². The van der Waals surface area contributed by atoms with Gasteiger partial charge < -0.3 is 15.0 Å². The average molecular weight is 635 g/mol. The average Bonchev–Trinajstić information content (AvgIpc) is 3.41. The third kappa shape index (κ3) is 7.96. The molecule has 11 nitrogen and oxygen atoms in total. The topological polar surface area (TPSA) is 137 Å². The molecule has 45 heavy (non-hydrogen) atoms. The zero-order valence-electron chi connectivity index (χ0n) is 25.7. The number of aliphatic carboxylic acids is 1. The lowest BCUT2D eigenvalue weighted by molar-refractivity contribution is -0.137. The van der Waals surface area contributed by atoms with E-state index in [1.54, 1.807) is 24.4 Å². The molecule has 2 heterocycles. The van der Waals surface area contributed by atoms with E-state index in [-0.39, 0.29) is 43.7 Å². The number of nitrogens with zero attached hydrogens (tertiary/aromatic N) is 5. The minimum absolute atomic E-state index is 0. The summed E-state index contributed by atoms with van der Waals surface area (Å²) in [4.78, 5) is 57.4. The molecule has 0 atom stereocenters. The van der Waals surface area contributed by atoms with Crippen LogP contribution in [-0.4, -0.2) is 62.2 Å². The Bertz CT molecular complexity index is 1600. The van der Waals surface area contributed by atoms with Crippen LogP contribution in [0.3, 0.4) is 0 Å². The summed E-state index contributed by atoms with van der Waals surface area (Å²) in [5, 5.41) is 17.9. The zero-order valence-corrected chi connectivity index (χ0v) is 26.5. The number of nitrogens with one attached hydrogen (secondary N) is 1. The number of carboxylic acid groups (broad SMARTS) is 1. The maximum atomic E-state index is 14.1. The molecule has 0 bridgehead atoms. The first-order valence-electron chi connectivity index (χ1n) is 14.9. The maximum absolute atomic E-state index is 14.1. The SMILES string of the molecule is CC(C)(C)C(=O)CN1C(=O)N(CC(=O)Nc2cccc(-c3cn(CC(=O)O)cn3)c2)N=C(C2CCCCC2)c2ccccc21.Cl. The first-order chi connectivity index (χ1) is 21.0. The summed E-state index contributed by atoms with van der Waals surface area (Å²) in [5.41, 5.74) is 3.28. The second-order valence-electron chi connectivity index (χ2n) is 12.4. The van der Waals surface area contributed by atoms with Crippen molar-refractivity contribution in [2.24, 2.45) is 16.4 Å². The summed E-state index contributed by atoms with van der Waals surface area (Å²) >= 11 is 0. The van der Waals surface area contributed by atoms with E-state index in [1.807, 2.05) is 51.1 Å². The molecule has 1 aromatic heterocycles. The van der Waals surface area contributed by atoms with Crippen LogP contribution in [-0.2, 0) is 20.9 Å². The van der Waals surface area contributed by atoms with Gasteiger partial charge in [0.15, 0.2) is 5.78 Å². The first-order valence-corrected chi connectivity index (χ1v) is 14.9. The lowest BCUT2D eigenvalue weighted by Crippen LogP contribution is -2.47. The van der Waals surface area contributed by atoms with E-state index in [4.69, 9.17) is 10.2 Å². The lowest BCUT2D eigenvalue weighted by atomic mass is 9.83. The quantitative estimate of drug-likeness (QED) is 0.304. The predicted octanol–water partition coefficient (Wildman–Crippen LogP) is 5.84. The number of halogens is 1. The van der Waals surface area contributed by atoms with Gasteiger partial charge in [0, 0.05) is 34.3 Å². The number of anilines is 2. The van der Waals surface area contributed by atoms with Crippen molar-refractivity contribution in [3.05, 3.63) is 66.6 Å². The number of carboxylic acids is 1. The highest BCUT2D eigenvalue weighted by Crippen LogP contribution is 2.34. The van der Waals surface area contributed by atoms with Crippen LogP contribution in [0.4, 0.5) is 16.2 Å². The molecule has 1 fully saturated rings. The van der Waals surface area contributed by atoms with Crippen molar-refractivity contribution in [2.45, 2.75) is 59.4 Å². The molecule has 2 N–H and O–H groups in total. The lowest BCUT2D eigenvalue weighted by Gasteiger charge is -2.28. The number of fused-ring (bicyclic) bond motifs is 1. The van der Waals surface area contributed by atoms with Gasteiger partial charge in [-0.25, -0.2) is 14.8 Å². The Morgan fingerprint density at radius 3 is 2.42 bits per heavy atom. The molecule has 0 spiro atoms. The van der Waals surface area contributed by atoms with Gasteiger partial charge in [0.1, 0.15) is 13.1 Å². The number of amides is 3. The minimum atomic E-state index is -0.975. The minimum Gasteiger partial charge on any atom is -0.480 e. The number of aromatic nitrogens is 2. The van der Waals surface area contributed by atoms with Gasteiger partial charge in [-0.2, -0.15) is 5.10 Å². The van der Waals surface area contributed by atoms with Crippen LogP contribution in [0.15, 0.2) is 66.2 Å². The molecule has 238 valence electrons. The van der Waals surface area contributed by atoms with E-state index >= 15 is 0 Å². The van der Waals surface area contributed by atoms with Gasteiger partial charge in [0.2, 0.25) is 5.91 Å². The number of urea groups is 1. The highest BCUT2D eigenvalue weighted by atomic mass is 35.5. The van der Waals surface area contributed by atoms with Crippen molar-refractivity contribution >= 4 is 53.2 Å². The number of rotatable bonds is 9. The monoisotopic (exact) mass is 634 g/mol. The Hall–Kier alpha value is -4.51. The van der Waals surface area contributed by atoms with Crippen LogP contribution >= 0.6 is 12.4 Å². The van der Waals surface area contributed by atoms with Crippen molar-refractivity contribution in [3.63, 3.8) is 0 Å². The van der Waals surface area contributed by atoms with E-state index in [0.717, 1.165) is 43.4 Å². The fourth-order valence-electron chi connectivity index (χ4n) is 5.55. The molecule has 3 amide bonds. The standard InChI is InChI=1S/C33H38N6O5.ClH/c1-33(2,3)28(40)18-38-27-15-8-7-14-25(27)31(22-10-5-4-6-11-22)36-39(32(38)44)19-29(41)35-24-13-9-12-23(16-24)26-17-37(21-34-26)20-30(42)43;/h7-9,12-17,21-22H,4-6,10-11,18-20H2,1-3H3,(H,35,41)(H,42,43);1H. The molecule has 3 aromatic rings. The molecule has 2 aliphatic rings. The maximum Gasteiger partial charge on any atom is 0.345 e. The van der Waals surface area contributed by atoms with Crippen molar-refractivity contribution in [2.75, 3.05) is 23.3 Å². The van der Waals surface area contributed by atoms with Gasteiger partial charge in [0.25, 0.3) is 0 Å². The molecule has 1 aliphatic carbocycles. The zero-order chi connectivity index (χ0) is 31.4. The molecule has 12 heteroatoms. The summed E-state index contributed by atoms with van der Waals surface area (Å²) < 4.78 is 1.46. The van der Waals surface area contributed by atoms with Gasteiger partial charge in [0.05, 0.1) is 30.0 Å². The van der Waals surface area contributed by atoms with Gasteiger partial charge in [-0.15, -0.1) is 12.4 Å². The molecular weight excluding hydrogens is 596 g/mol. The molecular formula is C33H39ClN6O5. The first kappa shape index (κ1) is 33.4. The number of para-hydroxylation sites is 1. The van der Waals surface area contributed by atoms with Crippen molar-refractivity contribution < 1.29 is 24.3 Å². The highest BCUT2D eigenvalue weighted by Gasteiger charge is 2.36. The number of Topliss-reactive ketones (excluding diaryl/α,β-unsaturated/α-hetero) is 1. The summed E-state index contributed by atoms with van der Waals surface area (Å²) in [7, 11) is 0. The van der Waals surface area contributed by atoms with Crippen LogP contribution in [0.25, 0.3) is 11.3 Å². The number of hydrogen-bond acceptors (Lipinski definition) is 6. The molecule has 2 aromatic carbocycles. The second-order valence-corrected chi connectivity index (χ2v) is 12.4. The third-order valence-electron chi connectivity index (χ3n) is 7.97. The van der Waals surface area contributed by atoms with E-state index in [9.17, 15) is 19.2 Å². The van der Waals surface area contributed by atoms with Crippen LogP contribution in [0.1, 0.15) is 58.4 Å². The Labute approximate surface area is 268 Å². The van der Waals surface area contributed by atoms with Gasteiger partial charge in [-0.05, 0) is 31.0 Å². The molecule has 1 aliphatic heterocycles. The third-order valence-corrected chi connectivity index (χ3v) is 7.97. The van der Waals surface area contributed by atoms with Crippen LogP contribution in [0.5, 0.6) is 0 Å². The molecule has 0 saturated heterocycles. The largest absolute Gasteiger partial charge is 0.480 e. The van der Waals surface area contributed by atoms with Gasteiger partial charge in [-0.1, -0.05) is 70.4 Å². The normalized spacial score (nSPS) is 15.4. The van der Waals surface area contributed by atoms with E-state index in [2.05, 4.69) is 10.3 Å². The Balaban J connectivity index is 0.00000461. The summed E-state index contributed by atoms with van der Waals surface area (Å²) in [6.07, 6.45) is 8.23.